The topological polar surface area (TPSA) is 68.7 Å². The van der Waals surface area contributed by atoms with Crippen molar-refractivity contribution < 1.29 is 0 Å². The van der Waals surface area contributed by atoms with Crippen LogP contribution in [0.3, 0.4) is 0 Å². The minimum atomic E-state index is 0. The SMILES string of the molecule is CCCCCCN=C(NCC)NCCN1CCN(c2ncccn2)CC1.I. The van der Waals surface area contributed by atoms with Crippen LogP contribution in [0.4, 0.5) is 5.95 Å². The lowest BCUT2D eigenvalue weighted by Crippen LogP contribution is -2.49. The molecular formula is C19H36IN7. The molecule has 2 N–H and O–H groups in total. The number of aromatic nitrogens is 2. The smallest absolute Gasteiger partial charge is 0.225 e. The summed E-state index contributed by atoms with van der Waals surface area (Å²) in [5, 5.41) is 6.80. The fourth-order valence-electron chi connectivity index (χ4n) is 3.03. The average Bonchev–Trinajstić information content (AvgIpc) is 2.69. The van der Waals surface area contributed by atoms with Crippen molar-refractivity contribution in [3.8, 4) is 0 Å². The minimum absolute atomic E-state index is 0. The summed E-state index contributed by atoms with van der Waals surface area (Å²) in [6.45, 7) is 12.2. The Morgan fingerprint density at radius 2 is 1.78 bits per heavy atom. The number of guanidine groups is 1. The van der Waals surface area contributed by atoms with Crippen molar-refractivity contribution in [3.63, 3.8) is 0 Å². The van der Waals surface area contributed by atoms with Gasteiger partial charge in [-0.05, 0) is 19.4 Å². The van der Waals surface area contributed by atoms with Crippen LogP contribution >= 0.6 is 24.0 Å². The van der Waals surface area contributed by atoms with Crippen LogP contribution in [0.5, 0.6) is 0 Å². The summed E-state index contributed by atoms with van der Waals surface area (Å²) in [4.78, 5) is 18.1. The lowest BCUT2D eigenvalue weighted by Gasteiger charge is -2.34. The van der Waals surface area contributed by atoms with Crippen molar-refractivity contribution in [2.24, 2.45) is 4.99 Å². The zero-order valence-corrected chi connectivity index (χ0v) is 19.2. The first-order valence-electron chi connectivity index (χ1n) is 10.1. The maximum atomic E-state index is 4.67. The first-order chi connectivity index (χ1) is 12.8. The summed E-state index contributed by atoms with van der Waals surface area (Å²) < 4.78 is 0. The van der Waals surface area contributed by atoms with Crippen LogP contribution in [0.1, 0.15) is 39.5 Å². The van der Waals surface area contributed by atoms with Crippen molar-refractivity contribution in [2.45, 2.75) is 39.5 Å². The first-order valence-corrected chi connectivity index (χ1v) is 10.1. The van der Waals surface area contributed by atoms with Crippen LogP contribution in [0.2, 0.25) is 0 Å². The predicted octanol–water partition coefficient (Wildman–Crippen LogP) is 2.35. The van der Waals surface area contributed by atoms with Crippen LogP contribution in [-0.4, -0.2) is 73.2 Å². The van der Waals surface area contributed by atoms with E-state index in [1.165, 1.54) is 25.7 Å². The molecule has 1 saturated heterocycles. The van der Waals surface area contributed by atoms with E-state index in [1.54, 1.807) is 0 Å². The highest BCUT2D eigenvalue weighted by Gasteiger charge is 2.18. The van der Waals surface area contributed by atoms with E-state index in [2.05, 4.69) is 49.2 Å². The van der Waals surface area contributed by atoms with E-state index in [0.29, 0.717) is 0 Å². The number of piperazine rings is 1. The molecule has 1 aromatic rings. The van der Waals surface area contributed by atoms with Crippen molar-refractivity contribution in [1.29, 1.82) is 0 Å². The van der Waals surface area contributed by atoms with Crippen molar-refractivity contribution in [1.82, 2.24) is 25.5 Å². The van der Waals surface area contributed by atoms with Gasteiger partial charge in [-0.3, -0.25) is 9.89 Å². The molecule has 2 heterocycles. The summed E-state index contributed by atoms with van der Waals surface area (Å²) in [5.74, 6) is 1.79. The van der Waals surface area contributed by atoms with Crippen LogP contribution in [-0.2, 0) is 0 Å². The molecule has 0 radical (unpaired) electrons. The zero-order valence-electron chi connectivity index (χ0n) is 16.9. The van der Waals surface area contributed by atoms with E-state index < -0.39 is 0 Å². The molecule has 2 rings (SSSR count). The van der Waals surface area contributed by atoms with Gasteiger partial charge in [0.2, 0.25) is 5.95 Å². The summed E-state index contributed by atoms with van der Waals surface area (Å²) in [5.41, 5.74) is 0. The second-order valence-electron chi connectivity index (χ2n) is 6.63. The highest BCUT2D eigenvalue weighted by atomic mass is 127. The van der Waals surface area contributed by atoms with E-state index in [1.807, 2.05) is 18.5 Å². The molecule has 0 saturated carbocycles. The fraction of sp³-hybridized carbons (Fsp3) is 0.737. The van der Waals surface area contributed by atoms with Gasteiger partial charge in [0, 0.05) is 64.8 Å². The first kappa shape index (κ1) is 23.9. The van der Waals surface area contributed by atoms with Gasteiger partial charge in [0.05, 0.1) is 0 Å². The molecule has 1 aromatic heterocycles. The third kappa shape index (κ3) is 9.55. The van der Waals surface area contributed by atoms with Gasteiger partial charge in [-0.25, -0.2) is 9.97 Å². The second-order valence-corrected chi connectivity index (χ2v) is 6.63. The number of nitrogens with zero attached hydrogens (tertiary/aromatic N) is 5. The molecule has 0 unspecified atom stereocenters. The molecule has 0 bridgehead atoms. The fourth-order valence-corrected chi connectivity index (χ4v) is 3.03. The number of hydrogen-bond donors (Lipinski definition) is 2. The van der Waals surface area contributed by atoms with Gasteiger partial charge in [0.25, 0.3) is 0 Å². The molecule has 1 fully saturated rings. The third-order valence-electron chi connectivity index (χ3n) is 4.55. The van der Waals surface area contributed by atoms with Crippen molar-refractivity contribution in [3.05, 3.63) is 18.5 Å². The molecule has 0 aromatic carbocycles. The van der Waals surface area contributed by atoms with E-state index in [4.69, 9.17) is 0 Å². The molecule has 0 spiro atoms. The van der Waals surface area contributed by atoms with Crippen LogP contribution < -0.4 is 15.5 Å². The third-order valence-corrected chi connectivity index (χ3v) is 4.55. The van der Waals surface area contributed by atoms with Gasteiger partial charge in [-0.2, -0.15) is 0 Å². The van der Waals surface area contributed by atoms with Crippen LogP contribution in [0.15, 0.2) is 23.5 Å². The van der Waals surface area contributed by atoms with Crippen molar-refractivity contribution >= 4 is 35.9 Å². The second kappa shape index (κ2) is 14.8. The lowest BCUT2D eigenvalue weighted by atomic mass is 10.2. The maximum absolute atomic E-state index is 4.67. The lowest BCUT2D eigenvalue weighted by molar-refractivity contribution is 0.260. The molecule has 0 amide bonds. The number of nitrogens with one attached hydrogen (secondary N) is 2. The normalized spacial score (nSPS) is 15.3. The minimum Gasteiger partial charge on any atom is -0.357 e. The number of unbranched alkanes of at least 4 members (excludes halogenated alkanes) is 3. The molecule has 7 nitrogen and oxygen atoms in total. The standard InChI is InChI=1S/C19H35N7.HI/c1-3-5-6-7-9-21-18(20-4-2)22-12-13-25-14-16-26(17-15-25)19-23-10-8-11-24-19;/h8,10-11H,3-7,9,12-17H2,1-2H3,(H2,20,21,22);1H. The highest BCUT2D eigenvalue weighted by Crippen LogP contribution is 2.09. The number of halogens is 1. The molecule has 8 heteroatoms. The van der Waals surface area contributed by atoms with E-state index >= 15 is 0 Å². The van der Waals surface area contributed by atoms with Gasteiger partial charge in [0.1, 0.15) is 0 Å². The molecule has 1 aliphatic rings. The number of rotatable bonds is 10. The molecule has 0 aliphatic carbocycles. The summed E-state index contributed by atoms with van der Waals surface area (Å²) in [7, 11) is 0. The van der Waals surface area contributed by atoms with Gasteiger partial charge in [-0.15, -0.1) is 24.0 Å². The predicted molar refractivity (Wildman–Crippen MR) is 124 cm³/mol. The van der Waals surface area contributed by atoms with Gasteiger partial charge >= 0.3 is 0 Å². The van der Waals surface area contributed by atoms with E-state index in [-0.39, 0.29) is 24.0 Å². The molecule has 0 atom stereocenters. The van der Waals surface area contributed by atoms with Gasteiger partial charge < -0.3 is 15.5 Å². The molecule has 154 valence electrons. The summed E-state index contributed by atoms with van der Waals surface area (Å²) in [6, 6.07) is 1.86. The quantitative estimate of drug-likeness (QED) is 0.228. The molecule has 27 heavy (non-hydrogen) atoms. The Bertz CT molecular complexity index is 504. The van der Waals surface area contributed by atoms with E-state index in [0.717, 1.165) is 64.3 Å². The molecular weight excluding hydrogens is 453 g/mol. The van der Waals surface area contributed by atoms with Gasteiger partial charge in [0.15, 0.2) is 5.96 Å². The summed E-state index contributed by atoms with van der Waals surface area (Å²) >= 11 is 0. The summed E-state index contributed by atoms with van der Waals surface area (Å²) in [6.07, 6.45) is 8.64. The highest BCUT2D eigenvalue weighted by molar-refractivity contribution is 14.0. The number of hydrogen-bond acceptors (Lipinski definition) is 5. The Kier molecular flexibility index (Phi) is 13.1. The Balaban J connectivity index is 0.00000364. The monoisotopic (exact) mass is 489 g/mol. The van der Waals surface area contributed by atoms with Crippen LogP contribution in [0.25, 0.3) is 0 Å². The number of aliphatic imine (C=N–C) groups is 1. The van der Waals surface area contributed by atoms with E-state index in [9.17, 15) is 0 Å². The van der Waals surface area contributed by atoms with Gasteiger partial charge in [-0.1, -0.05) is 26.2 Å². The zero-order chi connectivity index (χ0) is 18.5. The van der Waals surface area contributed by atoms with Crippen molar-refractivity contribution in [2.75, 3.05) is 57.3 Å². The Morgan fingerprint density at radius 3 is 2.44 bits per heavy atom. The average molecular weight is 489 g/mol. The Morgan fingerprint density at radius 1 is 1.04 bits per heavy atom. The largest absolute Gasteiger partial charge is 0.357 e. The Hall–Kier alpha value is -1.16. The molecule has 1 aliphatic heterocycles. The number of anilines is 1. The maximum Gasteiger partial charge on any atom is 0.225 e. The Labute approximate surface area is 181 Å². The van der Waals surface area contributed by atoms with Crippen LogP contribution in [0, 0.1) is 0 Å².